The molecule has 1 heterocycles. The van der Waals surface area contributed by atoms with Crippen molar-refractivity contribution in [1.29, 1.82) is 0 Å². The number of rotatable bonds is 4. The van der Waals surface area contributed by atoms with Gasteiger partial charge in [0.05, 0.1) is 5.75 Å². The lowest BCUT2D eigenvalue weighted by molar-refractivity contribution is 0.0698. The second kappa shape index (κ2) is 6.61. The number of nitrogens with zero attached hydrogens (tertiary/aromatic N) is 2. The second-order valence-electron chi connectivity index (χ2n) is 6.34. The molecule has 0 aromatic heterocycles. The molecule has 1 aliphatic carbocycles. The van der Waals surface area contributed by atoms with Crippen LogP contribution in [0.2, 0.25) is 0 Å². The van der Waals surface area contributed by atoms with Crippen LogP contribution >= 0.6 is 0 Å². The Bertz CT molecular complexity index is 692. The Morgan fingerprint density at radius 3 is 2.48 bits per heavy atom. The van der Waals surface area contributed by atoms with Crippen molar-refractivity contribution in [3.63, 3.8) is 0 Å². The van der Waals surface area contributed by atoms with E-state index in [4.69, 9.17) is 0 Å². The zero-order valence-electron chi connectivity index (χ0n) is 13.6. The molecule has 5 nitrogen and oxygen atoms in total. The first-order valence-corrected chi connectivity index (χ1v) is 10.0. The second-order valence-corrected chi connectivity index (χ2v) is 8.43. The molecular weight excluding hydrogens is 312 g/mol. The molecule has 1 aromatic carbocycles. The summed E-state index contributed by atoms with van der Waals surface area (Å²) in [5, 5.41) is 0. The van der Waals surface area contributed by atoms with Crippen molar-refractivity contribution in [2.24, 2.45) is 0 Å². The third kappa shape index (κ3) is 3.43. The van der Waals surface area contributed by atoms with Gasteiger partial charge in [-0.05, 0) is 48.9 Å². The van der Waals surface area contributed by atoms with Gasteiger partial charge in [0, 0.05) is 31.7 Å². The van der Waals surface area contributed by atoms with E-state index in [0.29, 0.717) is 32.6 Å². The maximum atomic E-state index is 12.6. The van der Waals surface area contributed by atoms with Crippen LogP contribution in [0.3, 0.4) is 0 Å². The molecule has 0 unspecified atom stereocenters. The number of piperazine rings is 1. The highest BCUT2D eigenvalue weighted by Gasteiger charge is 2.28. The number of aryl methyl sites for hydroxylation is 2. The fourth-order valence-electron chi connectivity index (χ4n) is 3.44. The summed E-state index contributed by atoms with van der Waals surface area (Å²) in [5.41, 5.74) is 3.38. The summed E-state index contributed by atoms with van der Waals surface area (Å²) in [5.74, 6) is 0.207. The first kappa shape index (κ1) is 16.5. The van der Waals surface area contributed by atoms with E-state index in [1.54, 1.807) is 4.90 Å². The molecule has 0 spiro atoms. The highest BCUT2D eigenvalue weighted by molar-refractivity contribution is 7.89. The first-order valence-electron chi connectivity index (χ1n) is 8.40. The van der Waals surface area contributed by atoms with Crippen molar-refractivity contribution < 1.29 is 13.2 Å². The molecule has 0 bridgehead atoms. The van der Waals surface area contributed by atoms with Crippen molar-refractivity contribution >= 4 is 15.9 Å². The molecule has 0 saturated carbocycles. The normalized spacial score (nSPS) is 18.9. The van der Waals surface area contributed by atoms with Gasteiger partial charge in [-0.25, -0.2) is 8.42 Å². The zero-order chi connectivity index (χ0) is 16.4. The molecule has 0 atom stereocenters. The van der Waals surface area contributed by atoms with E-state index in [1.165, 1.54) is 21.9 Å². The molecule has 0 N–H and O–H groups in total. The average molecular weight is 336 g/mol. The number of hydrogen-bond acceptors (Lipinski definition) is 3. The molecule has 126 valence electrons. The lowest BCUT2D eigenvalue weighted by atomic mass is 10.1. The SMILES string of the molecule is CCCS(=O)(=O)N1CCN(C(=O)c2ccc3c(c2)CCC3)CC1. The lowest BCUT2D eigenvalue weighted by Gasteiger charge is -2.34. The number of hydrogen-bond donors (Lipinski definition) is 0. The van der Waals surface area contributed by atoms with Crippen molar-refractivity contribution in [2.45, 2.75) is 32.6 Å². The van der Waals surface area contributed by atoms with Crippen molar-refractivity contribution in [3.8, 4) is 0 Å². The minimum absolute atomic E-state index is 0.0206. The molecule has 0 radical (unpaired) electrons. The van der Waals surface area contributed by atoms with Gasteiger partial charge in [0.25, 0.3) is 5.91 Å². The van der Waals surface area contributed by atoms with Crippen LogP contribution in [0.4, 0.5) is 0 Å². The quantitative estimate of drug-likeness (QED) is 0.840. The Labute approximate surface area is 138 Å². The Morgan fingerprint density at radius 1 is 1.09 bits per heavy atom. The minimum Gasteiger partial charge on any atom is -0.336 e. The first-order chi connectivity index (χ1) is 11.0. The Hall–Kier alpha value is -1.40. The Morgan fingerprint density at radius 2 is 1.78 bits per heavy atom. The maximum absolute atomic E-state index is 12.6. The van der Waals surface area contributed by atoms with E-state index in [-0.39, 0.29) is 11.7 Å². The van der Waals surface area contributed by atoms with Crippen LogP contribution in [0.1, 0.15) is 41.3 Å². The molecule has 1 saturated heterocycles. The van der Waals surface area contributed by atoms with Crippen LogP contribution in [0.25, 0.3) is 0 Å². The minimum atomic E-state index is -3.16. The summed E-state index contributed by atoms with van der Waals surface area (Å²) in [6.07, 6.45) is 3.95. The topological polar surface area (TPSA) is 57.7 Å². The Kier molecular flexibility index (Phi) is 4.73. The molecule has 23 heavy (non-hydrogen) atoms. The van der Waals surface area contributed by atoms with E-state index in [0.717, 1.165) is 18.4 Å². The fraction of sp³-hybridized carbons (Fsp3) is 0.588. The van der Waals surface area contributed by atoms with Crippen LogP contribution in [-0.2, 0) is 22.9 Å². The summed E-state index contributed by atoms with van der Waals surface area (Å²) in [6, 6.07) is 6.00. The summed E-state index contributed by atoms with van der Waals surface area (Å²) in [7, 11) is -3.16. The third-order valence-corrected chi connectivity index (χ3v) is 6.80. The van der Waals surface area contributed by atoms with E-state index < -0.39 is 10.0 Å². The molecule has 3 rings (SSSR count). The van der Waals surface area contributed by atoms with E-state index in [1.807, 2.05) is 19.1 Å². The summed E-state index contributed by atoms with van der Waals surface area (Å²) in [4.78, 5) is 14.4. The van der Waals surface area contributed by atoms with E-state index >= 15 is 0 Å². The number of fused-ring (bicyclic) bond motifs is 1. The van der Waals surface area contributed by atoms with Crippen LogP contribution in [0, 0.1) is 0 Å². The predicted octanol–water partition coefficient (Wildman–Crippen LogP) is 1.67. The van der Waals surface area contributed by atoms with E-state index in [2.05, 4.69) is 6.07 Å². The van der Waals surface area contributed by atoms with Gasteiger partial charge in [-0.15, -0.1) is 0 Å². The smallest absolute Gasteiger partial charge is 0.253 e. The van der Waals surface area contributed by atoms with Crippen LogP contribution in [0.5, 0.6) is 0 Å². The van der Waals surface area contributed by atoms with Crippen molar-refractivity contribution in [3.05, 3.63) is 34.9 Å². The summed E-state index contributed by atoms with van der Waals surface area (Å²) in [6.45, 7) is 3.61. The van der Waals surface area contributed by atoms with Gasteiger partial charge in [-0.1, -0.05) is 13.0 Å². The largest absolute Gasteiger partial charge is 0.336 e. The zero-order valence-corrected chi connectivity index (χ0v) is 14.4. The third-order valence-electron chi connectivity index (χ3n) is 4.73. The highest BCUT2D eigenvalue weighted by atomic mass is 32.2. The average Bonchev–Trinajstić information content (AvgIpc) is 3.02. The maximum Gasteiger partial charge on any atom is 0.253 e. The van der Waals surface area contributed by atoms with Crippen LogP contribution in [0.15, 0.2) is 18.2 Å². The molecule has 1 fully saturated rings. The molecule has 2 aliphatic rings. The van der Waals surface area contributed by atoms with Gasteiger partial charge >= 0.3 is 0 Å². The van der Waals surface area contributed by atoms with Crippen LogP contribution in [-0.4, -0.2) is 55.5 Å². The van der Waals surface area contributed by atoms with Gasteiger partial charge < -0.3 is 4.90 Å². The van der Waals surface area contributed by atoms with Gasteiger partial charge in [0.15, 0.2) is 0 Å². The fourth-order valence-corrected chi connectivity index (χ4v) is 4.94. The van der Waals surface area contributed by atoms with Gasteiger partial charge in [0.1, 0.15) is 0 Å². The molecule has 1 amide bonds. The lowest BCUT2D eigenvalue weighted by Crippen LogP contribution is -2.51. The predicted molar refractivity (Wildman–Crippen MR) is 90.0 cm³/mol. The number of sulfonamides is 1. The molecule has 1 aromatic rings. The standard InChI is InChI=1S/C17H24N2O3S/c1-2-12-23(21,22)19-10-8-18(9-11-19)17(20)16-7-6-14-4-3-5-15(14)13-16/h6-7,13H,2-5,8-12H2,1H3. The van der Waals surface area contributed by atoms with Crippen molar-refractivity contribution in [1.82, 2.24) is 9.21 Å². The van der Waals surface area contributed by atoms with Gasteiger partial charge in [-0.2, -0.15) is 4.31 Å². The van der Waals surface area contributed by atoms with Gasteiger partial charge in [0.2, 0.25) is 10.0 Å². The number of carbonyl (C=O) groups excluding carboxylic acids is 1. The number of benzene rings is 1. The number of amides is 1. The van der Waals surface area contributed by atoms with Crippen molar-refractivity contribution in [2.75, 3.05) is 31.9 Å². The number of carbonyl (C=O) groups is 1. The molecular formula is C17H24N2O3S. The Balaban J connectivity index is 1.65. The van der Waals surface area contributed by atoms with Gasteiger partial charge in [-0.3, -0.25) is 4.79 Å². The van der Waals surface area contributed by atoms with E-state index in [9.17, 15) is 13.2 Å². The highest BCUT2D eigenvalue weighted by Crippen LogP contribution is 2.23. The molecule has 1 aliphatic heterocycles. The summed E-state index contributed by atoms with van der Waals surface area (Å²) < 4.78 is 25.7. The summed E-state index contributed by atoms with van der Waals surface area (Å²) >= 11 is 0. The van der Waals surface area contributed by atoms with Crippen LogP contribution < -0.4 is 0 Å². The molecule has 6 heteroatoms. The monoisotopic (exact) mass is 336 g/mol.